The maximum absolute atomic E-state index is 11.8. The van der Waals surface area contributed by atoms with Gasteiger partial charge in [-0.1, -0.05) is 12.8 Å². The summed E-state index contributed by atoms with van der Waals surface area (Å²) < 4.78 is 0. The number of carboxylic acids is 1. The Labute approximate surface area is 105 Å². The second-order valence-electron chi connectivity index (χ2n) is 4.54. The van der Waals surface area contributed by atoms with Crippen molar-refractivity contribution in [2.24, 2.45) is 0 Å². The van der Waals surface area contributed by atoms with Crippen molar-refractivity contribution >= 4 is 17.7 Å². The highest BCUT2D eigenvalue weighted by Crippen LogP contribution is 2.27. The molecule has 5 heteroatoms. The topological polar surface area (TPSA) is 70.5 Å². The summed E-state index contributed by atoms with van der Waals surface area (Å²) in [5.74, 6) is -0.653. The second kappa shape index (κ2) is 5.16. The number of pyridine rings is 1. The predicted molar refractivity (Wildman–Crippen MR) is 66.6 cm³/mol. The van der Waals surface area contributed by atoms with Gasteiger partial charge in [0, 0.05) is 19.2 Å². The first-order valence-electron chi connectivity index (χ1n) is 6.08. The molecule has 0 aromatic carbocycles. The van der Waals surface area contributed by atoms with Crippen LogP contribution in [-0.4, -0.2) is 28.0 Å². The van der Waals surface area contributed by atoms with Crippen LogP contribution in [0.1, 0.15) is 43.0 Å². The first-order valence-corrected chi connectivity index (χ1v) is 6.08. The van der Waals surface area contributed by atoms with E-state index in [-0.39, 0.29) is 17.5 Å². The number of carbonyl (C=O) groups is 2. The van der Waals surface area contributed by atoms with E-state index in [2.05, 4.69) is 4.98 Å². The molecule has 5 nitrogen and oxygen atoms in total. The van der Waals surface area contributed by atoms with Gasteiger partial charge < -0.3 is 5.11 Å². The number of nitrogens with zero attached hydrogens (tertiary/aromatic N) is 2. The molecule has 0 unspecified atom stereocenters. The van der Waals surface area contributed by atoms with Crippen LogP contribution in [0.4, 0.5) is 5.82 Å². The van der Waals surface area contributed by atoms with Crippen LogP contribution in [0.5, 0.6) is 0 Å². The fraction of sp³-hybridized carbons (Fsp3) is 0.462. The van der Waals surface area contributed by atoms with E-state index in [1.54, 1.807) is 4.90 Å². The zero-order valence-electron chi connectivity index (χ0n) is 10.3. The van der Waals surface area contributed by atoms with Crippen LogP contribution >= 0.6 is 0 Å². The van der Waals surface area contributed by atoms with Gasteiger partial charge in [-0.15, -0.1) is 0 Å². The minimum atomic E-state index is -1.01. The van der Waals surface area contributed by atoms with Gasteiger partial charge in [-0.3, -0.25) is 9.69 Å². The number of hydrogen-bond acceptors (Lipinski definition) is 3. The molecule has 0 aliphatic heterocycles. The van der Waals surface area contributed by atoms with Gasteiger partial charge in [0.05, 0.1) is 5.56 Å². The molecule has 0 bridgehead atoms. The monoisotopic (exact) mass is 248 g/mol. The van der Waals surface area contributed by atoms with Crippen LogP contribution in [-0.2, 0) is 4.79 Å². The Hall–Kier alpha value is -1.91. The number of carboxylic acid groups (broad SMARTS) is 1. The summed E-state index contributed by atoms with van der Waals surface area (Å²) in [5, 5.41) is 8.96. The number of hydrogen-bond donors (Lipinski definition) is 1. The smallest absolute Gasteiger partial charge is 0.335 e. The highest BCUT2D eigenvalue weighted by molar-refractivity contribution is 5.93. The summed E-state index contributed by atoms with van der Waals surface area (Å²) in [6.45, 7) is 1.49. The maximum atomic E-state index is 11.8. The Morgan fingerprint density at radius 3 is 2.61 bits per heavy atom. The number of rotatable bonds is 3. The Balaban J connectivity index is 2.33. The van der Waals surface area contributed by atoms with Crippen molar-refractivity contribution < 1.29 is 14.7 Å². The highest BCUT2D eigenvalue weighted by atomic mass is 16.4. The Morgan fingerprint density at radius 2 is 2.06 bits per heavy atom. The Bertz CT molecular complexity index is 467. The third-order valence-electron chi connectivity index (χ3n) is 3.27. The third kappa shape index (κ3) is 2.50. The molecule has 1 aliphatic carbocycles. The molecule has 1 fully saturated rings. The van der Waals surface area contributed by atoms with E-state index in [0.717, 1.165) is 25.7 Å². The van der Waals surface area contributed by atoms with E-state index in [1.165, 1.54) is 25.3 Å². The molecule has 96 valence electrons. The quantitative estimate of drug-likeness (QED) is 0.889. The lowest BCUT2D eigenvalue weighted by molar-refractivity contribution is -0.117. The van der Waals surface area contributed by atoms with Crippen LogP contribution in [0.3, 0.4) is 0 Å². The lowest BCUT2D eigenvalue weighted by Crippen LogP contribution is -2.38. The molecule has 1 aromatic heterocycles. The molecule has 1 heterocycles. The van der Waals surface area contributed by atoms with Crippen LogP contribution < -0.4 is 4.90 Å². The third-order valence-corrected chi connectivity index (χ3v) is 3.27. The first kappa shape index (κ1) is 12.5. The van der Waals surface area contributed by atoms with Gasteiger partial charge >= 0.3 is 5.97 Å². The van der Waals surface area contributed by atoms with Crippen molar-refractivity contribution in [3.05, 3.63) is 23.9 Å². The van der Waals surface area contributed by atoms with E-state index < -0.39 is 5.97 Å². The standard InChI is InChI=1S/C13H16N2O3/c1-9(16)15(11-4-2-3-5-11)12-8-10(13(17)18)6-7-14-12/h6-8,11H,2-5H2,1H3,(H,17,18). The second-order valence-corrected chi connectivity index (χ2v) is 4.54. The van der Waals surface area contributed by atoms with E-state index in [9.17, 15) is 9.59 Å². The van der Waals surface area contributed by atoms with Crippen LogP contribution in [0, 0.1) is 0 Å². The first-order chi connectivity index (χ1) is 8.59. The maximum Gasteiger partial charge on any atom is 0.335 e. The number of anilines is 1. The predicted octanol–water partition coefficient (Wildman–Crippen LogP) is 2.08. The molecule has 0 saturated heterocycles. The molecule has 1 aromatic rings. The van der Waals surface area contributed by atoms with Crippen molar-refractivity contribution in [3.63, 3.8) is 0 Å². The zero-order chi connectivity index (χ0) is 13.1. The fourth-order valence-corrected chi connectivity index (χ4v) is 2.45. The molecular weight excluding hydrogens is 232 g/mol. The van der Waals surface area contributed by atoms with E-state index in [0.29, 0.717) is 5.82 Å². The molecule has 0 radical (unpaired) electrons. The summed E-state index contributed by atoms with van der Waals surface area (Å²) in [6, 6.07) is 3.04. The van der Waals surface area contributed by atoms with E-state index >= 15 is 0 Å². The molecule has 2 rings (SSSR count). The largest absolute Gasteiger partial charge is 0.478 e. The fourth-order valence-electron chi connectivity index (χ4n) is 2.45. The molecule has 1 saturated carbocycles. The lowest BCUT2D eigenvalue weighted by Gasteiger charge is -2.26. The normalized spacial score (nSPS) is 15.6. The van der Waals surface area contributed by atoms with Gasteiger partial charge in [-0.25, -0.2) is 9.78 Å². The average Bonchev–Trinajstić information content (AvgIpc) is 2.82. The van der Waals surface area contributed by atoms with Gasteiger partial charge in [-0.2, -0.15) is 0 Å². The summed E-state index contributed by atoms with van der Waals surface area (Å²) in [7, 11) is 0. The SMILES string of the molecule is CC(=O)N(c1cc(C(=O)O)ccn1)C1CCCC1. The van der Waals surface area contributed by atoms with Crippen molar-refractivity contribution in [1.29, 1.82) is 0 Å². The van der Waals surface area contributed by atoms with E-state index in [1.807, 2.05) is 0 Å². The molecule has 1 aliphatic rings. The molecule has 0 spiro atoms. The Morgan fingerprint density at radius 1 is 1.39 bits per heavy atom. The summed E-state index contributed by atoms with van der Waals surface area (Å²) >= 11 is 0. The molecule has 1 N–H and O–H groups in total. The van der Waals surface area contributed by atoms with Crippen LogP contribution in [0.2, 0.25) is 0 Å². The molecule has 18 heavy (non-hydrogen) atoms. The summed E-state index contributed by atoms with van der Waals surface area (Å²) in [5.41, 5.74) is 0.157. The average molecular weight is 248 g/mol. The highest BCUT2D eigenvalue weighted by Gasteiger charge is 2.27. The summed E-state index contributed by atoms with van der Waals surface area (Å²) in [6.07, 6.45) is 5.56. The van der Waals surface area contributed by atoms with Crippen molar-refractivity contribution in [2.75, 3.05) is 4.90 Å². The van der Waals surface area contributed by atoms with Gasteiger partial charge in [0.15, 0.2) is 0 Å². The molecule has 0 atom stereocenters. The van der Waals surface area contributed by atoms with Crippen molar-refractivity contribution in [3.8, 4) is 0 Å². The van der Waals surface area contributed by atoms with Crippen LogP contribution in [0.25, 0.3) is 0 Å². The number of aromatic nitrogens is 1. The van der Waals surface area contributed by atoms with Crippen LogP contribution in [0.15, 0.2) is 18.3 Å². The van der Waals surface area contributed by atoms with Gasteiger partial charge in [0.2, 0.25) is 5.91 Å². The number of amides is 1. The minimum absolute atomic E-state index is 0.0862. The van der Waals surface area contributed by atoms with Gasteiger partial charge in [0.1, 0.15) is 5.82 Å². The minimum Gasteiger partial charge on any atom is -0.478 e. The molecular formula is C13H16N2O3. The molecule has 1 amide bonds. The van der Waals surface area contributed by atoms with Crippen molar-refractivity contribution in [1.82, 2.24) is 4.98 Å². The lowest BCUT2D eigenvalue weighted by atomic mass is 10.2. The number of aromatic carboxylic acids is 1. The zero-order valence-corrected chi connectivity index (χ0v) is 10.3. The van der Waals surface area contributed by atoms with E-state index in [4.69, 9.17) is 5.11 Å². The summed E-state index contributed by atoms with van der Waals surface area (Å²) in [4.78, 5) is 28.4. The van der Waals surface area contributed by atoms with Crippen molar-refractivity contribution in [2.45, 2.75) is 38.6 Å². The number of carbonyl (C=O) groups excluding carboxylic acids is 1. The van der Waals surface area contributed by atoms with Gasteiger partial charge in [0.25, 0.3) is 0 Å². The Kier molecular flexibility index (Phi) is 3.60. The van der Waals surface area contributed by atoms with Gasteiger partial charge in [-0.05, 0) is 25.0 Å².